The van der Waals surface area contributed by atoms with E-state index in [0.717, 1.165) is 19.3 Å². The van der Waals surface area contributed by atoms with Gasteiger partial charge in [0.25, 0.3) is 0 Å². The zero-order chi connectivity index (χ0) is 10.1. The van der Waals surface area contributed by atoms with Crippen molar-refractivity contribution in [1.82, 2.24) is 4.31 Å². The lowest BCUT2D eigenvalue weighted by molar-refractivity contribution is 0.319. The van der Waals surface area contributed by atoms with Gasteiger partial charge in [-0.25, -0.2) is 8.42 Å². The summed E-state index contributed by atoms with van der Waals surface area (Å²) in [7, 11) is -3.00. The first-order valence-electron chi connectivity index (χ1n) is 4.88. The first-order valence-corrected chi connectivity index (χ1v) is 6.73. The molecule has 1 rings (SSSR count). The van der Waals surface area contributed by atoms with Crippen molar-refractivity contribution < 1.29 is 8.42 Å². The summed E-state index contributed by atoms with van der Waals surface area (Å²) in [5.74, 6) is 0.500. The van der Waals surface area contributed by atoms with Gasteiger partial charge in [-0.1, -0.05) is 13.3 Å². The van der Waals surface area contributed by atoms with Gasteiger partial charge in [0.2, 0.25) is 10.0 Å². The van der Waals surface area contributed by atoms with Crippen LogP contribution in [0.2, 0.25) is 0 Å². The first-order chi connectivity index (χ1) is 5.91. The van der Waals surface area contributed by atoms with Crippen LogP contribution in [-0.4, -0.2) is 31.6 Å². The average molecular weight is 205 g/mol. The number of hydrogen-bond donors (Lipinski definition) is 0. The molecule has 4 heteroatoms. The van der Waals surface area contributed by atoms with Crippen LogP contribution in [0.25, 0.3) is 0 Å². The van der Waals surface area contributed by atoms with Crippen LogP contribution < -0.4 is 0 Å². The van der Waals surface area contributed by atoms with Crippen molar-refractivity contribution in [3.63, 3.8) is 0 Å². The summed E-state index contributed by atoms with van der Waals surface area (Å²) in [6.07, 6.45) is 4.60. The molecule has 1 aliphatic rings. The molecular formula is C9H19NO2S. The van der Waals surface area contributed by atoms with Crippen LogP contribution >= 0.6 is 0 Å². The van der Waals surface area contributed by atoms with Gasteiger partial charge in [-0.3, -0.25) is 0 Å². The lowest BCUT2D eigenvalue weighted by Crippen LogP contribution is -2.38. The summed E-state index contributed by atoms with van der Waals surface area (Å²) in [5, 5.41) is 0. The van der Waals surface area contributed by atoms with E-state index >= 15 is 0 Å². The van der Waals surface area contributed by atoms with Crippen molar-refractivity contribution in [2.45, 2.75) is 39.2 Å². The van der Waals surface area contributed by atoms with E-state index in [4.69, 9.17) is 0 Å². The zero-order valence-corrected chi connectivity index (χ0v) is 9.47. The smallest absolute Gasteiger partial charge is 0.211 e. The van der Waals surface area contributed by atoms with Gasteiger partial charge in [0.05, 0.1) is 6.26 Å². The molecule has 0 N–H and O–H groups in total. The molecule has 1 fully saturated rings. The highest BCUT2D eigenvalue weighted by atomic mass is 32.2. The van der Waals surface area contributed by atoms with Crippen molar-refractivity contribution in [1.29, 1.82) is 0 Å². The van der Waals surface area contributed by atoms with Gasteiger partial charge in [0.15, 0.2) is 0 Å². The van der Waals surface area contributed by atoms with E-state index in [1.165, 1.54) is 6.26 Å². The average Bonchev–Trinajstić information content (AvgIpc) is 2.11. The highest BCUT2D eigenvalue weighted by Gasteiger charge is 2.27. The fraction of sp³-hybridized carbons (Fsp3) is 1.00. The van der Waals surface area contributed by atoms with E-state index in [0.29, 0.717) is 12.5 Å². The number of hydrogen-bond acceptors (Lipinski definition) is 2. The molecule has 1 aliphatic heterocycles. The Kier molecular flexibility index (Phi) is 3.35. The van der Waals surface area contributed by atoms with Crippen LogP contribution in [0, 0.1) is 5.92 Å². The normalized spacial score (nSPS) is 32.8. The third-order valence-corrected chi connectivity index (χ3v) is 4.09. The first kappa shape index (κ1) is 11.0. The second-order valence-electron chi connectivity index (χ2n) is 4.22. The Hall–Kier alpha value is -0.0900. The van der Waals surface area contributed by atoms with Crippen molar-refractivity contribution in [3.8, 4) is 0 Å². The molecule has 0 aliphatic carbocycles. The Morgan fingerprint density at radius 3 is 2.38 bits per heavy atom. The van der Waals surface area contributed by atoms with Crippen LogP contribution in [0.5, 0.6) is 0 Å². The minimum absolute atomic E-state index is 0.181. The molecule has 13 heavy (non-hydrogen) atoms. The molecule has 0 bridgehead atoms. The third kappa shape index (κ3) is 2.95. The number of sulfonamides is 1. The van der Waals surface area contributed by atoms with Gasteiger partial charge in [-0.05, 0) is 25.7 Å². The quantitative estimate of drug-likeness (QED) is 0.650. The summed E-state index contributed by atoms with van der Waals surface area (Å²) in [5.41, 5.74) is 0. The number of rotatable bonds is 1. The largest absolute Gasteiger partial charge is 0.212 e. The molecule has 1 saturated heterocycles. The Morgan fingerprint density at radius 1 is 1.23 bits per heavy atom. The van der Waals surface area contributed by atoms with Gasteiger partial charge in [-0.2, -0.15) is 4.31 Å². The summed E-state index contributed by atoms with van der Waals surface area (Å²) < 4.78 is 24.5. The van der Waals surface area contributed by atoms with Gasteiger partial charge < -0.3 is 0 Å². The molecule has 0 aromatic carbocycles. The maximum absolute atomic E-state index is 11.4. The van der Waals surface area contributed by atoms with Gasteiger partial charge in [0.1, 0.15) is 0 Å². The molecule has 2 unspecified atom stereocenters. The highest BCUT2D eigenvalue weighted by molar-refractivity contribution is 7.88. The van der Waals surface area contributed by atoms with Crippen molar-refractivity contribution in [2.24, 2.45) is 5.92 Å². The van der Waals surface area contributed by atoms with E-state index in [2.05, 4.69) is 6.92 Å². The van der Waals surface area contributed by atoms with Crippen molar-refractivity contribution >= 4 is 10.0 Å². The lowest BCUT2D eigenvalue weighted by Gasteiger charge is -2.25. The minimum atomic E-state index is -3.00. The van der Waals surface area contributed by atoms with E-state index in [1.54, 1.807) is 4.31 Å². The summed E-state index contributed by atoms with van der Waals surface area (Å²) in [4.78, 5) is 0. The molecule has 0 saturated carbocycles. The fourth-order valence-corrected chi connectivity index (χ4v) is 3.23. The molecule has 0 radical (unpaired) electrons. The Bertz CT molecular complexity index is 261. The Balaban J connectivity index is 2.79. The van der Waals surface area contributed by atoms with Crippen LogP contribution in [0.3, 0.4) is 0 Å². The molecule has 0 amide bonds. The maximum Gasteiger partial charge on any atom is 0.211 e. The van der Waals surface area contributed by atoms with E-state index in [1.807, 2.05) is 6.92 Å². The van der Waals surface area contributed by atoms with E-state index < -0.39 is 10.0 Å². The van der Waals surface area contributed by atoms with E-state index in [9.17, 15) is 8.42 Å². The summed E-state index contributed by atoms with van der Waals surface area (Å²) in [6.45, 7) is 4.81. The summed E-state index contributed by atoms with van der Waals surface area (Å²) in [6, 6.07) is 0.181. The van der Waals surface area contributed by atoms with E-state index in [-0.39, 0.29) is 6.04 Å². The molecule has 3 nitrogen and oxygen atoms in total. The summed E-state index contributed by atoms with van der Waals surface area (Å²) >= 11 is 0. The maximum atomic E-state index is 11.4. The standard InChI is InChI=1S/C9H19NO2S/c1-8-5-4-6-9(2)10(7-8)13(3,11)12/h8-9H,4-7H2,1-3H3. The van der Waals surface area contributed by atoms with Crippen LogP contribution in [0.4, 0.5) is 0 Å². The predicted molar refractivity (Wildman–Crippen MR) is 54.0 cm³/mol. The van der Waals surface area contributed by atoms with Gasteiger partial charge >= 0.3 is 0 Å². The Morgan fingerprint density at radius 2 is 1.85 bits per heavy atom. The fourth-order valence-electron chi connectivity index (χ4n) is 1.95. The molecule has 1 heterocycles. The van der Waals surface area contributed by atoms with Crippen LogP contribution in [-0.2, 0) is 10.0 Å². The minimum Gasteiger partial charge on any atom is -0.212 e. The molecule has 0 spiro atoms. The lowest BCUT2D eigenvalue weighted by atomic mass is 10.1. The highest BCUT2D eigenvalue weighted by Crippen LogP contribution is 2.22. The van der Waals surface area contributed by atoms with Gasteiger partial charge in [0, 0.05) is 12.6 Å². The molecule has 2 atom stereocenters. The SMILES string of the molecule is CC1CCCC(C)N(S(C)(=O)=O)C1. The second-order valence-corrected chi connectivity index (χ2v) is 6.15. The third-order valence-electron chi connectivity index (χ3n) is 2.73. The van der Waals surface area contributed by atoms with Crippen LogP contribution in [0.1, 0.15) is 33.1 Å². The van der Waals surface area contributed by atoms with Crippen LogP contribution in [0.15, 0.2) is 0 Å². The number of nitrogens with zero attached hydrogens (tertiary/aromatic N) is 1. The molecule has 0 aromatic rings. The Labute approximate surface area is 81.2 Å². The van der Waals surface area contributed by atoms with Crippen molar-refractivity contribution in [3.05, 3.63) is 0 Å². The molecular weight excluding hydrogens is 186 g/mol. The monoisotopic (exact) mass is 205 g/mol. The van der Waals surface area contributed by atoms with Crippen molar-refractivity contribution in [2.75, 3.05) is 12.8 Å². The second kappa shape index (κ2) is 3.96. The molecule has 78 valence electrons. The molecule has 0 aromatic heterocycles. The predicted octanol–water partition coefficient (Wildman–Crippen LogP) is 1.46. The topological polar surface area (TPSA) is 37.4 Å². The zero-order valence-electron chi connectivity index (χ0n) is 8.66. The van der Waals surface area contributed by atoms with Gasteiger partial charge in [-0.15, -0.1) is 0 Å².